The lowest BCUT2D eigenvalue weighted by atomic mass is 9.73. The van der Waals surface area contributed by atoms with E-state index in [2.05, 4.69) is 19.1 Å². The van der Waals surface area contributed by atoms with E-state index in [-0.39, 0.29) is 0 Å². The van der Waals surface area contributed by atoms with Crippen LogP contribution in [0.4, 0.5) is 0 Å². The third-order valence-corrected chi connectivity index (χ3v) is 4.45. The molecular weight excluding hydrogens is 230 g/mol. The van der Waals surface area contributed by atoms with Crippen LogP contribution in [0.5, 0.6) is 0 Å². The van der Waals surface area contributed by atoms with Crippen molar-refractivity contribution in [3.8, 4) is 0 Å². The smallest absolute Gasteiger partial charge is 0.0441 e. The molecule has 0 saturated heterocycles. The number of benzene rings is 1. The second kappa shape index (κ2) is 5.88. The van der Waals surface area contributed by atoms with Gasteiger partial charge in [0.25, 0.3) is 0 Å². The van der Waals surface area contributed by atoms with Crippen molar-refractivity contribution in [3.05, 3.63) is 34.9 Å². The Labute approximate surface area is 109 Å². The van der Waals surface area contributed by atoms with E-state index < -0.39 is 0 Å². The van der Waals surface area contributed by atoms with Crippen molar-refractivity contribution in [1.29, 1.82) is 0 Å². The topological polar surface area (TPSA) is 26.0 Å². The van der Waals surface area contributed by atoms with Crippen LogP contribution in [0.3, 0.4) is 0 Å². The van der Waals surface area contributed by atoms with Gasteiger partial charge < -0.3 is 5.73 Å². The summed E-state index contributed by atoms with van der Waals surface area (Å²) in [6.45, 7) is 3.06. The zero-order chi connectivity index (χ0) is 12.3. The van der Waals surface area contributed by atoms with Crippen LogP contribution in [-0.4, -0.2) is 6.54 Å². The predicted molar refractivity (Wildman–Crippen MR) is 74.4 cm³/mol. The van der Waals surface area contributed by atoms with Gasteiger partial charge in [0.15, 0.2) is 0 Å². The summed E-state index contributed by atoms with van der Waals surface area (Å²) in [5, 5.41) is 0.876. The largest absolute Gasteiger partial charge is 0.330 e. The van der Waals surface area contributed by atoms with E-state index in [4.69, 9.17) is 17.3 Å². The highest BCUT2D eigenvalue weighted by Crippen LogP contribution is 2.39. The zero-order valence-corrected chi connectivity index (χ0v) is 11.3. The van der Waals surface area contributed by atoms with Crippen LogP contribution in [0.25, 0.3) is 0 Å². The summed E-state index contributed by atoms with van der Waals surface area (Å²) in [4.78, 5) is 0. The lowest BCUT2D eigenvalue weighted by Crippen LogP contribution is -2.26. The van der Waals surface area contributed by atoms with Crippen molar-refractivity contribution in [2.45, 2.75) is 38.5 Å². The molecule has 3 atom stereocenters. The van der Waals surface area contributed by atoms with E-state index in [1.165, 1.54) is 31.2 Å². The van der Waals surface area contributed by atoms with Crippen LogP contribution >= 0.6 is 11.6 Å². The molecule has 1 aliphatic carbocycles. The monoisotopic (exact) mass is 251 g/mol. The average molecular weight is 252 g/mol. The van der Waals surface area contributed by atoms with E-state index in [0.29, 0.717) is 18.4 Å². The van der Waals surface area contributed by atoms with Crippen LogP contribution in [0.15, 0.2) is 24.3 Å². The average Bonchev–Trinajstić information content (AvgIpc) is 2.33. The molecule has 1 aromatic rings. The van der Waals surface area contributed by atoms with Crippen molar-refractivity contribution < 1.29 is 0 Å². The second-order valence-electron chi connectivity index (χ2n) is 5.40. The first kappa shape index (κ1) is 12.9. The SMILES string of the molecule is CC1CCCC(C(CN)c2ccccc2Cl)C1. The summed E-state index contributed by atoms with van der Waals surface area (Å²) in [7, 11) is 0. The summed E-state index contributed by atoms with van der Waals surface area (Å²) < 4.78 is 0. The number of nitrogens with two attached hydrogens (primary N) is 1. The maximum atomic E-state index is 6.30. The zero-order valence-electron chi connectivity index (χ0n) is 10.5. The number of rotatable bonds is 3. The van der Waals surface area contributed by atoms with Crippen LogP contribution in [0.1, 0.15) is 44.1 Å². The minimum atomic E-state index is 0.437. The van der Waals surface area contributed by atoms with Gasteiger partial charge in [-0.1, -0.05) is 49.6 Å². The molecule has 0 aliphatic heterocycles. The van der Waals surface area contributed by atoms with Gasteiger partial charge in [-0.2, -0.15) is 0 Å². The molecule has 0 spiro atoms. The highest BCUT2D eigenvalue weighted by atomic mass is 35.5. The number of hydrogen-bond donors (Lipinski definition) is 1. The molecule has 0 aromatic heterocycles. The van der Waals surface area contributed by atoms with Crippen LogP contribution in [0.2, 0.25) is 5.02 Å². The quantitative estimate of drug-likeness (QED) is 0.856. The second-order valence-corrected chi connectivity index (χ2v) is 5.80. The third kappa shape index (κ3) is 3.02. The molecule has 2 heteroatoms. The van der Waals surface area contributed by atoms with Crippen LogP contribution < -0.4 is 5.73 Å². The Morgan fingerprint density at radius 1 is 1.35 bits per heavy atom. The van der Waals surface area contributed by atoms with Crippen molar-refractivity contribution in [2.24, 2.45) is 17.6 Å². The molecule has 0 radical (unpaired) electrons. The normalized spacial score (nSPS) is 26.8. The van der Waals surface area contributed by atoms with Crippen molar-refractivity contribution in [1.82, 2.24) is 0 Å². The van der Waals surface area contributed by atoms with Crippen molar-refractivity contribution in [3.63, 3.8) is 0 Å². The Balaban J connectivity index is 2.18. The predicted octanol–water partition coefficient (Wildman–Crippen LogP) is 4.21. The molecule has 3 unspecified atom stereocenters. The van der Waals surface area contributed by atoms with E-state index in [1.54, 1.807) is 0 Å². The Hall–Kier alpha value is -0.530. The molecule has 94 valence electrons. The van der Waals surface area contributed by atoms with Gasteiger partial charge in [0.1, 0.15) is 0 Å². The molecule has 1 saturated carbocycles. The lowest BCUT2D eigenvalue weighted by Gasteiger charge is -2.33. The summed E-state index contributed by atoms with van der Waals surface area (Å²) >= 11 is 6.30. The van der Waals surface area contributed by atoms with Gasteiger partial charge in [0, 0.05) is 10.9 Å². The van der Waals surface area contributed by atoms with Gasteiger partial charge in [-0.25, -0.2) is 0 Å². The molecule has 0 heterocycles. The van der Waals surface area contributed by atoms with E-state index in [0.717, 1.165) is 10.9 Å². The molecule has 1 nitrogen and oxygen atoms in total. The van der Waals surface area contributed by atoms with Crippen LogP contribution in [-0.2, 0) is 0 Å². The summed E-state index contributed by atoms with van der Waals surface area (Å²) in [5.74, 6) is 1.99. The molecule has 0 amide bonds. The highest BCUT2D eigenvalue weighted by molar-refractivity contribution is 6.31. The first-order valence-corrected chi connectivity index (χ1v) is 7.04. The number of hydrogen-bond acceptors (Lipinski definition) is 1. The first-order chi connectivity index (χ1) is 8.22. The Morgan fingerprint density at radius 3 is 2.76 bits per heavy atom. The molecule has 1 aromatic carbocycles. The fourth-order valence-electron chi connectivity index (χ4n) is 3.20. The Kier molecular flexibility index (Phi) is 4.47. The fourth-order valence-corrected chi connectivity index (χ4v) is 3.47. The van der Waals surface area contributed by atoms with Gasteiger partial charge in [0.2, 0.25) is 0 Å². The van der Waals surface area contributed by atoms with Crippen molar-refractivity contribution in [2.75, 3.05) is 6.54 Å². The Morgan fingerprint density at radius 2 is 2.12 bits per heavy atom. The molecule has 17 heavy (non-hydrogen) atoms. The summed E-state index contributed by atoms with van der Waals surface area (Å²) in [6.07, 6.45) is 5.31. The molecule has 1 fully saturated rings. The van der Waals surface area contributed by atoms with Gasteiger partial charge >= 0.3 is 0 Å². The minimum absolute atomic E-state index is 0.437. The van der Waals surface area contributed by atoms with Gasteiger partial charge in [-0.05, 0) is 42.9 Å². The number of halogens is 1. The van der Waals surface area contributed by atoms with E-state index in [9.17, 15) is 0 Å². The summed E-state index contributed by atoms with van der Waals surface area (Å²) in [5.41, 5.74) is 7.24. The molecular formula is C15H22ClN. The summed E-state index contributed by atoms with van der Waals surface area (Å²) in [6, 6.07) is 8.17. The van der Waals surface area contributed by atoms with Gasteiger partial charge in [-0.15, -0.1) is 0 Å². The van der Waals surface area contributed by atoms with Crippen LogP contribution in [0, 0.1) is 11.8 Å². The standard InChI is InChI=1S/C15H22ClN/c1-11-5-4-6-12(9-11)14(10-17)13-7-2-3-8-15(13)16/h2-3,7-8,11-12,14H,4-6,9-10,17H2,1H3. The van der Waals surface area contributed by atoms with Gasteiger partial charge in [-0.3, -0.25) is 0 Å². The lowest BCUT2D eigenvalue weighted by molar-refractivity contribution is 0.248. The maximum absolute atomic E-state index is 6.30. The highest BCUT2D eigenvalue weighted by Gasteiger charge is 2.27. The van der Waals surface area contributed by atoms with E-state index >= 15 is 0 Å². The Bertz CT molecular complexity index is 364. The van der Waals surface area contributed by atoms with E-state index in [1.807, 2.05) is 12.1 Å². The first-order valence-electron chi connectivity index (χ1n) is 6.67. The minimum Gasteiger partial charge on any atom is -0.330 e. The fraction of sp³-hybridized carbons (Fsp3) is 0.600. The third-order valence-electron chi connectivity index (χ3n) is 4.10. The van der Waals surface area contributed by atoms with Crippen molar-refractivity contribution >= 4 is 11.6 Å². The maximum Gasteiger partial charge on any atom is 0.0441 e. The molecule has 2 N–H and O–H groups in total. The van der Waals surface area contributed by atoms with Gasteiger partial charge in [0.05, 0.1) is 0 Å². The molecule has 0 bridgehead atoms. The molecule has 2 rings (SSSR count). The molecule has 1 aliphatic rings.